The van der Waals surface area contributed by atoms with E-state index in [1.165, 1.54) is 23.0 Å². The van der Waals surface area contributed by atoms with Gasteiger partial charge in [-0.15, -0.1) is 0 Å². The van der Waals surface area contributed by atoms with Crippen molar-refractivity contribution in [2.24, 2.45) is 16.2 Å². The highest BCUT2D eigenvalue weighted by molar-refractivity contribution is 7.91. The first-order chi connectivity index (χ1) is 42.6. The Balaban J connectivity index is 0.000000217. The zero-order chi connectivity index (χ0) is 67.6. The lowest BCUT2D eigenvalue weighted by molar-refractivity contribution is -0.0114. The molecule has 2 bridgehead atoms. The SMILES string of the molecule is CC.CC.CC(C)(C)Cc1ccc(S(=O)(=O)N2CC3CCC(C2)O3)cc1.CC(C)(C)Cc1ccc(S(=O)(=O)N2CCCCC2)cc1.CC(C)(C)Cc1ccc(S(=O)(=O)c2ccccc2)cc1.CC(C)(C)c1ccc(-c2nc(CS(=O)(=O)c3ccccc3)co2)cc1. The van der Waals surface area contributed by atoms with E-state index in [-0.39, 0.29) is 44.5 Å². The predicted octanol–water partition coefficient (Wildman–Crippen LogP) is 17.1. The summed E-state index contributed by atoms with van der Waals surface area (Å²) in [6, 6.07) is 46.8. The van der Waals surface area contributed by atoms with E-state index in [1.807, 2.05) is 94.4 Å². The summed E-state index contributed by atoms with van der Waals surface area (Å²) < 4.78 is 115. The topological polar surface area (TPSA) is 178 Å². The normalized spacial score (nSPS) is 16.6. The standard InChI is InChI=1S/C20H21NO3S.C17H25NO3S.C17H20O2S.C16H25NO2S.2C2H6/c1-20(2,3)16-11-9-15(10-12-16)19-21-17(13-24-19)14-25(22,23)18-7-5-4-6-8-18;1-17(2,3)10-13-4-8-16(9-5-13)22(19,20)18-11-14-6-7-15(12-18)21-14;1-17(2,3)13-14-9-11-16(12-10-14)20(18,19)15-7-5-4-6-8-15;1-16(2,3)13-14-7-9-15(10-8-14)20(18,19)17-11-5-4-6-12-17;2*1-2/h4-13H,14H2,1-3H3;4-5,8-9,14-15H,6-7,10-12H2,1-3H3;4-12H,13H2,1-3H3;7-10H,4-6,11-13H2,1-3H3;2*1-2H3. The van der Waals surface area contributed by atoms with Crippen LogP contribution in [0.15, 0.2) is 193 Å². The summed E-state index contributed by atoms with van der Waals surface area (Å²) >= 11 is 0. The van der Waals surface area contributed by atoms with Crippen LogP contribution >= 0.6 is 0 Å². The van der Waals surface area contributed by atoms with E-state index in [9.17, 15) is 33.7 Å². The lowest BCUT2D eigenvalue weighted by atomic mass is 9.87. The van der Waals surface area contributed by atoms with E-state index in [2.05, 4.69) is 88.1 Å². The largest absolute Gasteiger partial charge is 0.444 e. The second kappa shape index (κ2) is 32.9. The Bertz CT molecular complexity index is 3770. The quantitative estimate of drug-likeness (QED) is 0.107. The predicted molar refractivity (Wildman–Crippen MR) is 371 cm³/mol. The van der Waals surface area contributed by atoms with E-state index in [1.54, 1.807) is 99.6 Å². The number of morpholine rings is 1. The number of nitrogens with zero attached hydrogens (tertiary/aromatic N) is 3. The first-order valence-corrected chi connectivity index (χ1v) is 38.2. The summed E-state index contributed by atoms with van der Waals surface area (Å²) in [7, 11) is -13.5. The van der Waals surface area contributed by atoms with Gasteiger partial charge >= 0.3 is 0 Å². The van der Waals surface area contributed by atoms with Crippen molar-refractivity contribution in [3.05, 3.63) is 192 Å². The Morgan fingerprint density at radius 3 is 1.21 bits per heavy atom. The number of benzene rings is 6. The number of aromatic nitrogens is 1. The highest BCUT2D eigenvalue weighted by atomic mass is 32.2. The molecule has 3 aliphatic rings. The Morgan fingerprint density at radius 2 is 0.813 bits per heavy atom. The zero-order valence-electron chi connectivity index (χ0n) is 57.0. The van der Waals surface area contributed by atoms with E-state index in [4.69, 9.17) is 9.15 Å². The summed E-state index contributed by atoms with van der Waals surface area (Å²) in [5.74, 6) is 0.249. The molecule has 498 valence electrons. The summed E-state index contributed by atoms with van der Waals surface area (Å²) in [5, 5.41) is 0. The molecule has 0 amide bonds. The Kier molecular flexibility index (Phi) is 27.4. The van der Waals surface area contributed by atoms with Crippen molar-refractivity contribution in [3.8, 4) is 11.5 Å². The molecule has 17 heteroatoms. The second-order valence-electron chi connectivity index (χ2n) is 27.7. The molecule has 0 radical (unpaired) electrons. The summed E-state index contributed by atoms with van der Waals surface area (Å²) in [6.45, 7) is 36.4. The lowest BCUT2D eigenvalue weighted by Crippen LogP contribution is -2.45. The van der Waals surface area contributed by atoms with Crippen molar-refractivity contribution in [3.63, 3.8) is 0 Å². The molecule has 3 fully saturated rings. The smallest absolute Gasteiger partial charge is 0.243 e. The first kappa shape index (κ1) is 75.9. The van der Waals surface area contributed by atoms with Gasteiger partial charge in [0.25, 0.3) is 0 Å². The van der Waals surface area contributed by atoms with Gasteiger partial charge in [0.05, 0.1) is 42.4 Å². The maximum absolute atomic E-state index is 12.8. The minimum Gasteiger partial charge on any atom is -0.444 e. The van der Waals surface area contributed by atoms with Crippen LogP contribution in [-0.4, -0.2) is 85.7 Å². The minimum atomic E-state index is -3.43. The molecule has 13 nitrogen and oxygen atoms in total. The molecule has 91 heavy (non-hydrogen) atoms. The van der Waals surface area contributed by atoms with Crippen LogP contribution in [-0.2, 0) is 74.9 Å². The van der Waals surface area contributed by atoms with E-state index in [0.29, 0.717) is 57.3 Å². The number of piperidine rings is 1. The fourth-order valence-corrected chi connectivity index (χ4v) is 16.2. The third-order valence-electron chi connectivity index (χ3n) is 14.9. The van der Waals surface area contributed by atoms with Gasteiger partial charge in [0.1, 0.15) is 12.0 Å². The van der Waals surface area contributed by atoms with Crippen molar-refractivity contribution < 1.29 is 42.8 Å². The maximum Gasteiger partial charge on any atom is 0.243 e. The van der Waals surface area contributed by atoms with Crippen LogP contribution in [0.2, 0.25) is 0 Å². The third kappa shape index (κ3) is 23.3. The molecule has 0 N–H and O–H groups in total. The van der Waals surface area contributed by atoms with Gasteiger partial charge in [-0.2, -0.15) is 8.61 Å². The summed E-state index contributed by atoms with van der Waals surface area (Å²) in [4.78, 5) is 6.13. The number of ether oxygens (including phenoxy) is 1. The second-order valence-corrected chi connectivity index (χ2v) is 35.6. The first-order valence-electron chi connectivity index (χ1n) is 32.1. The number of hydrogen-bond donors (Lipinski definition) is 0. The fourth-order valence-electron chi connectivity index (χ4n) is 10.6. The number of sulfonamides is 2. The highest BCUT2D eigenvalue weighted by Crippen LogP contribution is 2.32. The molecule has 3 aliphatic heterocycles. The molecule has 2 unspecified atom stereocenters. The van der Waals surface area contributed by atoms with Crippen LogP contribution in [0.3, 0.4) is 0 Å². The van der Waals surface area contributed by atoms with Crippen LogP contribution in [0.4, 0.5) is 0 Å². The molecule has 6 aromatic carbocycles. The molecule has 4 heterocycles. The van der Waals surface area contributed by atoms with Crippen molar-refractivity contribution in [1.29, 1.82) is 0 Å². The van der Waals surface area contributed by atoms with Crippen molar-refractivity contribution in [2.75, 3.05) is 26.2 Å². The average molecular weight is 1320 g/mol. The Hall–Kier alpha value is -5.79. The Morgan fingerprint density at radius 1 is 0.440 bits per heavy atom. The van der Waals surface area contributed by atoms with Gasteiger partial charge in [-0.3, -0.25) is 0 Å². The molecule has 0 spiro atoms. The molecule has 0 saturated carbocycles. The van der Waals surface area contributed by atoms with Gasteiger partial charge in [0, 0.05) is 31.7 Å². The van der Waals surface area contributed by atoms with Crippen molar-refractivity contribution in [1.82, 2.24) is 13.6 Å². The highest BCUT2D eigenvalue weighted by Gasteiger charge is 2.39. The van der Waals surface area contributed by atoms with Gasteiger partial charge in [-0.1, -0.05) is 202 Å². The Labute approximate surface area is 548 Å². The van der Waals surface area contributed by atoms with E-state index >= 15 is 0 Å². The molecular weight excluding hydrogens is 1220 g/mol. The van der Waals surface area contributed by atoms with Crippen molar-refractivity contribution >= 4 is 39.7 Å². The zero-order valence-corrected chi connectivity index (χ0v) is 60.3. The summed E-state index contributed by atoms with van der Waals surface area (Å²) in [5.41, 5.74) is 6.65. The molecule has 1 aromatic heterocycles. The van der Waals surface area contributed by atoms with Crippen LogP contribution in [0.25, 0.3) is 11.5 Å². The number of hydrogen-bond acceptors (Lipinski definition) is 11. The van der Waals surface area contributed by atoms with Gasteiger partial charge in [-0.05, 0) is 162 Å². The van der Waals surface area contributed by atoms with Gasteiger partial charge in [0.2, 0.25) is 35.8 Å². The van der Waals surface area contributed by atoms with E-state index in [0.717, 1.165) is 62.5 Å². The van der Waals surface area contributed by atoms with Gasteiger partial charge in [-0.25, -0.2) is 38.7 Å². The number of fused-ring (bicyclic) bond motifs is 2. The minimum absolute atomic E-state index is 0.0735. The number of oxazole rings is 1. The monoisotopic (exact) mass is 1320 g/mol. The average Bonchev–Trinajstić information content (AvgIpc) is 2.23. The van der Waals surface area contributed by atoms with Gasteiger partial charge in [0.15, 0.2) is 9.84 Å². The molecule has 3 saturated heterocycles. The van der Waals surface area contributed by atoms with Crippen LogP contribution < -0.4 is 0 Å². The van der Waals surface area contributed by atoms with E-state index < -0.39 is 39.7 Å². The molecule has 2 atom stereocenters. The van der Waals surface area contributed by atoms with Crippen LogP contribution in [0.5, 0.6) is 0 Å². The number of rotatable bonds is 13. The van der Waals surface area contributed by atoms with Crippen LogP contribution in [0.1, 0.15) is 171 Å². The maximum atomic E-state index is 12.8. The van der Waals surface area contributed by atoms with Gasteiger partial charge < -0.3 is 9.15 Å². The molecule has 7 aromatic rings. The molecule has 10 rings (SSSR count). The number of sulfone groups is 2. The van der Waals surface area contributed by atoms with Crippen molar-refractivity contribution in [2.45, 2.75) is 210 Å². The van der Waals surface area contributed by atoms with Crippen LogP contribution in [0, 0.1) is 16.2 Å². The summed E-state index contributed by atoms with van der Waals surface area (Å²) in [6.07, 6.45) is 9.42. The third-order valence-corrected chi connectivity index (χ3v) is 22.1. The molecule has 0 aliphatic carbocycles. The fraction of sp³-hybridized carbons (Fsp3) is 0.473. The lowest BCUT2D eigenvalue weighted by Gasteiger charge is -2.31. The molecular formula is C74H103N3O10S4.